The fourth-order valence-electron chi connectivity index (χ4n) is 5.15. The first-order valence-corrected chi connectivity index (χ1v) is 11.6. The molecule has 2 aliphatic heterocycles. The molecule has 0 bridgehead atoms. The van der Waals surface area contributed by atoms with E-state index in [0.717, 1.165) is 23.5 Å². The third-order valence-corrected chi connectivity index (χ3v) is 6.89. The Bertz CT molecular complexity index is 1120. The van der Waals surface area contributed by atoms with Crippen LogP contribution in [-0.4, -0.2) is 9.38 Å². The van der Waals surface area contributed by atoms with Crippen LogP contribution in [0.15, 0.2) is 42.7 Å². The quantitative estimate of drug-likeness (QED) is 0.343. The monoisotopic (exact) mass is 384 g/mol. The highest BCUT2D eigenvalue weighted by molar-refractivity contribution is 6.01. The number of unbranched alkanes of at least 4 members (excludes halogenated alkanes) is 2. The van der Waals surface area contributed by atoms with Crippen LogP contribution in [0.5, 0.6) is 0 Å². The molecular formula is C27H32N2. The van der Waals surface area contributed by atoms with E-state index in [1.807, 2.05) is 0 Å². The van der Waals surface area contributed by atoms with E-state index in [0.29, 0.717) is 0 Å². The van der Waals surface area contributed by atoms with Gasteiger partial charge < -0.3 is 4.40 Å². The van der Waals surface area contributed by atoms with Gasteiger partial charge in [-0.25, -0.2) is 4.98 Å². The maximum atomic E-state index is 5.06. The number of fused-ring (bicyclic) bond motifs is 6. The molecule has 2 nitrogen and oxygen atoms in total. The van der Waals surface area contributed by atoms with Gasteiger partial charge in [0.15, 0.2) is 0 Å². The summed E-state index contributed by atoms with van der Waals surface area (Å²) in [6.07, 6.45) is 16.1. The Labute approximate surface area is 174 Å². The Morgan fingerprint density at radius 2 is 1.93 bits per heavy atom. The van der Waals surface area contributed by atoms with Crippen LogP contribution >= 0.6 is 0 Å². The van der Waals surface area contributed by atoms with Crippen LogP contribution in [0.25, 0.3) is 27.7 Å². The standard InChI is InChI=1S/C27H32N2/c1-3-5-7-19-9-11-21-18-29-14-13-23-24-16-20(8-6-4-2)10-12-25(24)28-27(23)26(29)17-22(21)15-19/h10,12-14,16-19H,3-9,11,15H2,1-2H3. The Balaban J connectivity index is 1.57. The van der Waals surface area contributed by atoms with Crippen LogP contribution in [0.3, 0.4) is 0 Å². The van der Waals surface area contributed by atoms with Crippen LogP contribution in [0, 0.1) is 5.92 Å². The molecule has 0 fully saturated rings. The Kier molecular flexibility index (Phi) is 5.03. The number of benzene rings is 1. The van der Waals surface area contributed by atoms with Gasteiger partial charge in [0, 0.05) is 23.3 Å². The molecule has 1 aliphatic carbocycles. The van der Waals surface area contributed by atoms with Crippen molar-refractivity contribution < 1.29 is 0 Å². The zero-order chi connectivity index (χ0) is 19.8. The number of aromatic nitrogens is 2. The first-order valence-electron chi connectivity index (χ1n) is 11.6. The van der Waals surface area contributed by atoms with Gasteiger partial charge in [-0.05, 0) is 79.0 Å². The number of rotatable bonds is 6. The minimum absolute atomic E-state index is 0.858. The lowest BCUT2D eigenvalue weighted by Crippen LogP contribution is -2.15. The Morgan fingerprint density at radius 3 is 2.79 bits per heavy atom. The summed E-state index contributed by atoms with van der Waals surface area (Å²) in [5, 5.41) is 1.31. The van der Waals surface area contributed by atoms with Crippen molar-refractivity contribution in [2.45, 2.75) is 71.6 Å². The van der Waals surface area contributed by atoms with Crippen LogP contribution in [-0.2, 0) is 19.3 Å². The van der Waals surface area contributed by atoms with E-state index in [1.165, 1.54) is 79.0 Å². The van der Waals surface area contributed by atoms with Crippen LogP contribution in [0.2, 0.25) is 0 Å². The molecular weight excluding hydrogens is 352 g/mol. The van der Waals surface area contributed by atoms with E-state index in [4.69, 9.17) is 4.98 Å². The molecule has 1 aromatic carbocycles. The first-order chi connectivity index (χ1) is 14.3. The van der Waals surface area contributed by atoms with Gasteiger partial charge in [0.05, 0.1) is 16.7 Å². The van der Waals surface area contributed by atoms with E-state index in [2.05, 4.69) is 61.0 Å². The van der Waals surface area contributed by atoms with Crippen molar-refractivity contribution in [2.75, 3.05) is 0 Å². The summed E-state index contributed by atoms with van der Waals surface area (Å²) < 4.78 is 2.30. The SMILES string of the molecule is CCCCc1ccc2nc3c4cc5c(cn4ccc-3c2c1)CCC(CCCC)C5. The summed E-state index contributed by atoms with van der Waals surface area (Å²) >= 11 is 0. The molecule has 0 radical (unpaired) electrons. The zero-order valence-electron chi connectivity index (χ0n) is 17.9. The molecule has 5 rings (SSSR count). The van der Waals surface area contributed by atoms with Crippen molar-refractivity contribution in [3.05, 3.63) is 59.4 Å². The predicted molar refractivity (Wildman–Crippen MR) is 123 cm³/mol. The third-order valence-electron chi connectivity index (χ3n) is 6.89. The molecule has 1 aromatic heterocycles. The predicted octanol–water partition coefficient (Wildman–Crippen LogP) is 7.23. The maximum absolute atomic E-state index is 5.06. The van der Waals surface area contributed by atoms with Crippen LogP contribution in [0.1, 0.15) is 69.1 Å². The van der Waals surface area contributed by atoms with Crippen molar-refractivity contribution in [3.63, 3.8) is 0 Å². The summed E-state index contributed by atoms with van der Waals surface area (Å²) in [5.74, 6) is 0.858. The van der Waals surface area contributed by atoms with Crippen LogP contribution in [0.4, 0.5) is 0 Å². The fraction of sp³-hybridized carbons (Fsp3) is 0.444. The third kappa shape index (κ3) is 3.43. The van der Waals surface area contributed by atoms with Gasteiger partial charge in [-0.15, -0.1) is 0 Å². The molecule has 2 aromatic rings. The Morgan fingerprint density at radius 1 is 1.03 bits per heavy atom. The minimum atomic E-state index is 0.858. The number of aryl methyl sites for hydroxylation is 2. The van der Waals surface area contributed by atoms with E-state index >= 15 is 0 Å². The van der Waals surface area contributed by atoms with Crippen LogP contribution < -0.4 is 0 Å². The molecule has 1 unspecified atom stereocenters. The largest absolute Gasteiger partial charge is 0.322 e. The summed E-state index contributed by atoms with van der Waals surface area (Å²) in [6.45, 7) is 4.56. The highest BCUT2D eigenvalue weighted by Crippen LogP contribution is 2.37. The van der Waals surface area contributed by atoms with Crippen molar-refractivity contribution in [1.29, 1.82) is 0 Å². The van der Waals surface area contributed by atoms with Crippen molar-refractivity contribution >= 4 is 16.4 Å². The Hall–Kier alpha value is -2.35. The lowest BCUT2D eigenvalue weighted by Gasteiger charge is -2.25. The van der Waals surface area contributed by atoms with Gasteiger partial charge in [-0.1, -0.05) is 45.6 Å². The summed E-state index contributed by atoms with van der Waals surface area (Å²) in [5.41, 5.74) is 9.39. The fourth-order valence-corrected chi connectivity index (χ4v) is 5.15. The van der Waals surface area contributed by atoms with Gasteiger partial charge in [0.2, 0.25) is 0 Å². The first kappa shape index (κ1) is 18.7. The second-order valence-corrected chi connectivity index (χ2v) is 9.01. The van der Waals surface area contributed by atoms with Gasteiger partial charge >= 0.3 is 0 Å². The van der Waals surface area contributed by atoms with E-state index in [-0.39, 0.29) is 0 Å². The number of hydrogen-bond donors (Lipinski definition) is 0. The van der Waals surface area contributed by atoms with E-state index in [9.17, 15) is 0 Å². The number of pyridine rings is 2. The smallest absolute Gasteiger partial charge is 0.0957 e. The zero-order valence-corrected chi connectivity index (χ0v) is 17.9. The van der Waals surface area contributed by atoms with Gasteiger partial charge in [-0.2, -0.15) is 0 Å². The molecule has 0 saturated carbocycles. The molecule has 3 heterocycles. The molecule has 0 N–H and O–H groups in total. The topological polar surface area (TPSA) is 17.3 Å². The highest BCUT2D eigenvalue weighted by atomic mass is 14.9. The maximum Gasteiger partial charge on any atom is 0.0957 e. The molecule has 150 valence electrons. The lowest BCUT2D eigenvalue weighted by atomic mass is 9.82. The molecule has 0 spiro atoms. The minimum Gasteiger partial charge on any atom is -0.322 e. The highest BCUT2D eigenvalue weighted by Gasteiger charge is 2.21. The lowest BCUT2D eigenvalue weighted by molar-refractivity contribution is 0.412. The molecule has 0 amide bonds. The van der Waals surface area contributed by atoms with E-state index < -0.39 is 0 Å². The van der Waals surface area contributed by atoms with Crippen molar-refractivity contribution in [1.82, 2.24) is 9.38 Å². The average Bonchev–Trinajstić information content (AvgIpc) is 3.13. The molecule has 2 heteroatoms. The molecule has 1 atom stereocenters. The normalized spacial score (nSPS) is 16.7. The van der Waals surface area contributed by atoms with E-state index in [1.54, 1.807) is 5.56 Å². The molecule has 3 aliphatic rings. The van der Waals surface area contributed by atoms with Crippen molar-refractivity contribution in [2.24, 2.45) is 5.92 Å². The summed E-state index contributed by atoms with van der Waals surface area (Å²) in [6, 6.07) is 11.6. The summed E-state index contributed by atoms with van der Waals surface area (Å²) in [4.78, 5) is 5.06. The molecule has 0 saturated heterocycles. The summed E-state index contributed by atoms with van der Waals surface area (Å²) in [7, 11) is 0. The number of nitrogens with zero attached hydrogens (tertiary/aromatic N) is 2. The second kappa shape index (κ2) is 7.82. The second-order valence-electron chi connectivity index (χ2n) is 9.01. The van der Waals surface area contributed by atoms with Gasteiger partial charge in [0.1, 0.15) is 0 Å². The van der Waals surface area contributed by atoms with Gasteiger partial charge in [0.25, 0.3) is 0 Å². The van der Waals surface area contributed by atoms with Gasteiger partial charge in [-0.3, -0.25) is 0 Å². The number of hydrogen-bond acceptors (Lipinski definition) is 1. The average molecular weight is 385 g/mol. The van der Waals surface area contributed by atoms with Crippen molar-refractivity contribution in [3.8, 4) is 11.3 Å². The molecule has 29 heavy (non-hydrogen) atoms.